The van der Waals surface area contributed by atoms with Crippen molar-refractivity contribution in [2.24, 2.45) is 0 Å². The van der Waals surface area contributed by atoms with Crippen molar-refractivity contribution in [3.63, 3.8) is 0 Å². The Kier molecular flexibility index (Phi) is 7.43. The van der Waals surface area contributed by atoms with Crippen LogP contribution >= 0.6 is 0 Å². The van der Waals surface area contributed by atoms with Gasteiger partial charge in [-0.3, -0.25) is 5.32 Å². The van der Waals surface area contributed by atoms with Crippen molar-refractivity contribution in [3.05, 3.63) is 47.7 Å². The van der Waals surface area contributed by atoms with E-state index in [9.17, 15) is 9.59 Å². The summed E-state index contributed by atoms with van der Waals surface area (Å²) in [5.41, 5.74) is 1.48. The Balaban J connectivity index is 1.64. The number of carbonyl (C=O) groups is 2. The van der Waals surface area contributed by atoms with Crippen LogP contribution < -0.4 is 10.6 Å². The summed E-state index contributed by atoms with van der Waals surface area (Å²) in [6.07, 6.45) is 1.34. The lowest BCUT2D eigenvalue weighted by Crippen LogP contribution is -2.33. The lowest BCUT2D eigenvalue weighted by Gasteiger charge is -2.22. The van der Waals surface area contributed by atoms with Crippen LogP contribution in [0, 0.1) is 0 Å². The number of nitrogens with one attached hydrogen (secondary N) is 2. The van der Waals surface area contributed by atoms with Gasteiger partial charge in [-0.05, 0) is 59.4 Å². The second-order valence-electron chi connectivity index (χ2n) is 9.56. The molecule has 0 radical (unpaired) electrons. The number of alkyl carbamates (subject to hydrolysis) is 1. The highest BCUT2D eigenvalue weighted by molar-refractivity contribution is 5.83. The quantitative estimate of drug-likeness (QED) is 0.645. The highest BCUT2D eigenvalue weighted by atomic mass is 16.6. The summed E-state index contributed by atoms with van der Waals surface area (Å²) in [6.45, 7) is 10.1. The largest absolute Gasteiger partial charge is 0.446 e. The van der Waals surface area contributed by atoms with Crippen LogP contribution in [-0.2, 0) is 21.6 Å². The van der Waals surface area contributed by atoms with E-state index in [1.54, 1.807) is 0 Å². The third kappa shape index (κ3) is 6.48. The predicted octanol–water partition coefficient (Wildman–Crippen LogP) is 5.16. The van der Waals surface area contributed by atoms with Gasteiger partial charge in [0.15, 0.2) is 0 Å². The van der Waals surface area contributed by atoms with E-state index in [1.165, 1.54) is 0 Å². The number of nitrogens with zero attached hydrogens (tertiary/aromatic N) is 2. The molecule has 1 aliphatic carbocycles. The summed E-state index contributed by atoms with van der Waals surface area (Å²) in [7, 11) is 0. The van der Waals surface area contributed by atoms with Crippen LogP contribution in [0.4, 0.5) is 15.4 Å². The van der Waals surface area contributed by atoms with Crippen molar-refractivity contribution < 1.29 is 19.1 Å². The van der Waals surface area contributed by atoms with Gasteiger partial charge in [0.05, 0.1) is 11.2 Å². The van der Waals surface area contributed by atoms with Crippen LogP contribution in [0.25, 0.3) is 0 Å². The number of rotatable bonds is 6. The number of amides is 2. The maximum atomic E-state index is 12.4. The van der Waals surface area contributed by atoms with Gasteiger partial charge in [0.25, 0.3) is 0 Å². The van der Waals surface area contributed by atoms with Crippen LogP contribution in [0.2, 0.25) is 0 Å². The van der Waals surface area contributed by atoms with Crippen molar-refractivity contribution in [1.29, 1.82) is 0 Å². The molecule has 2 N–H and O–H groups in total. The third-order valence-electron chi connectivity index (χ3n) is 5.29. The second kappa shape index (κ2) is 10.1. The Hall–Kier alpha value is -3.03. The Morgan fingerprint density at radius 3 is 2.53 bits per heavy atom. The van der Waals surface area contributed by atoms with E-state index in [0.717, 1.165) is 24.1 Å². The molecular formula is C24H34N4O4. The van der Waals surface area contributed by atoms with Crippen molar-refractivity contribution in [3.8, 4) is 0 Å². The summed E-state index contributed by atoms with van der Waals surface area (Å²) in [5, 5.41) is 10.4. The second-order valence-corrected chi connectivity index (χ2v) is 9.56. The topological polar surface area (TPSA) is 94.5 Å². The average molecular weight is 443 g/mol. The number of hydrogen-bond donors (Lipinski definition) is 2. The zero-order chi connectivity index (χ0) is 23.3. The summed E-state index contributed by atoms with van der Waals surface area (Å²) >= 11 is 0. The van der Waals surface area contributed by atoms with E-state index >= 15 is 0 Å². The zero-order valence-corrected chi connectivity index (χ0v) is 19.6. The smallest absolute Gasteiger partial charge is 0.413 e. The van der Waals surface area contributed by atoms with Crippen molar-refractivity contribution in [2.45, 2.75) is 84.1 Å². The van der Waals surface area contributed by atoms with Gasteiger partial charge in [-0.15, -0.1) is 0 Å². The molecule has 8 heteroatoms. The molecule has 0 spiro atoms. The molecular weight excluding hydrogens is 408 g/mol. The number of anilines is 1. The van der Waals surface area contributed by atoms with E-state index in [4.69, 9.17) is 14.6 Å². The fourth-order valence-corrected chi connectivity index (χ4v) is 3.80. The normalized spacial score (nSPS) is 18.4. The zero-order valence-electron chi connectivity index (χ0n) is 19.6. The molecule has 1 aromatic heterocycles. The van der Waals surface area contributed by atoms with Crippen LogP contribution in [0.3, 0.4) is 0 Å². The first-order chi connectivity index (χ1) is 15.1. The number of hydrogen-bond acceptors (Lipinski definition) is 5. The van der Waals surface area contributed by atoms with Gasteiger partial charge in [0.1, 0.15) is 18.5 Å². The molecule has 1 saturated carbocycles. The van der Waals surface area contributed by atoms with Gasteiger partial charge in [0.2, 0.25) is 0 Å². The fraction of sp³-hybridized carbons (Fsp3) is 0.542. The van der Waals surface area contributed by atoms with Crippen molar-refractivity contribution in [2.75, 3.05) is 5.32 Å². The molecule has 32 heavy (non-hydrogen) atoms. The molecule has 0 bridgehead atoms. The van der Waals surface area contributed by atoms with E-state index in [2.05, 4.69) is 10.6 Å². The molecule has 1 fully saturated rings. The van der Waals surface area contributed by atoms with Gasteiger partial charge in [-0.25, -0.2) is 14.3 Å². The Labute approximate surface area is 189 Å². The molecule has 2 aromatic rings. The average Bonchev–Trinajstić information content (AvgIpc) is 3.33. The SMILES string of the molecule is CC(C)NC(=O)O[C@@H]1CC[C@H](c2cc(NC(=O)OCc3ccccc3)n(C(C)(C)C)n2)C1. The first-order valence-corrected chi connectivity index (χ1v) is 11.2. The summed E-state index contributed by atoms with van der Waals surface area (Å²) in [4.78, 5) is 24.3. The lowest BCUT2D eigenvalue weighted by molar-refractivity contribution is 0.0981. The minimum atomic E-state index is -0.524. The number of carbonyl (C=O) groups excluding carboxylic acids is 2. The Morgan fingerprint density at radius 2 is 1.88 bits per heavy atom. The molecule has 3 rings (SSSR count). The number of aromatic nitrogens is 2. The first kappa shape index (κ1) is 23.6. The van der Waals surface area contributed by atoms with Gasteiger partial charge in [0, 0.05) is 18.0 Å². The van der Waals surface area contributed by atoms with E-state index in [0.29, 0.717) is 12.2 Å². The molecule has 2 atom stereocenters. The van der Waals surface area contributed by atoms with Crippen LogP contribution in [0.1, 0.15) is 71.1 Å². The van der Waals surface area contributed by atoms with E-state index in [-0.39, 0.29) is 36.3 Å². The Bertz CT molecular complexity index is 918. The molecule has 2 amide bonds. The third-order valence-corrected chi connectivity index (χ3v) is 5.29. The first-order valence-electron chi connectivity index (χ1n) is 11.2. The van der Waals surface area contributed by atoms with Crippen molar-refractivity contribution >= 4 is 18.0 Å². The van der Waals surface area contributed by atoms with Gasteiger partial charge < -0.3 is 14.8 Å². The number of ether oxygens (including phenoxy) is 2. The summed E-state index contributed by atoms with van der Waals surface area (Å²) in [5.74, 6) is 0.754. The monoisotopic (exact) mass is 442 g/mol. The van der Waals surface area contributed by atoms with Crippen LogP contribution in [-0.4, -0.2) is 34.1 Å². The molecule has 1 heterocycles. The van der Waals surface area contributed by atoms with Crippen LogP contribution in [0.5, 0.6) is 0 Å². The van der Waals surface area contributed by atoms with Gasteiger partial charge in [-0.2, -0.15) is 5.10 Å². The highest BCUT2D eigenvalue weighted by Crippen LogP contribution is 2.37. The van der Waals surface area contributed by atoms with Gasteiger partial charge >= 0.3 is 12.2 Å². The van der Waals surface area contributed by atoms with E-state index < -0.39 is 6.09 Å². The maximum absolute atomic E-state index is 12.4. The van der Waals surface area contributed by atoms with E-state index in [1.807, 2.05) is 75.7 Å². The van der Waals surface area contributed by atoms with Crippen LogP contribution in [0.15, 0.2) is 36.4 Å². The summed E-state index contributed by atoms with van der Waals surface area (Å²) < 4.78 is 12.7. The minimum Gasteiger partial charge on any atom is -0.446 e. The lowest BCUT2D eigenvalue weighted by atomic mass is 10.0. The maximum Gasteiger partial charge on any atom is 0.413 e. The number of benzene rings is 1. The summed E-state index contributed by atoms with van der Waals surface area (Å²) in [6, 6.07) is 11.5. The van der Waals surface area contributed by atoms with Crippen molar-refractivity contribution in [1.82, 2.24) is 15.1 Å². The molecule has 174 valence electrons. The standard InChI is InChI=1S/C24H34N4O4/c1-16(2)25-23(30)32-19-12-11-18(13-19)20-14-21(28(27-20)24(3,4)5)26-22(29)31-15-17-9-7-6-8-10-17/h6-10,14,16,18-19H,11-13,15H2,1-5H3,(H,25,30)(H,26,29)/t18-,19+/m0/s1. The van der Waals surface area contributed by atoms with Gasteiger partial charge in [-0.1, -0.05) is 30.3 Å². The fourth-order valence-electron chi connectivity index (χ4n) is 3.80. The molecule has 8 nitrogen and oxygen atoms in total. The molecule has 0 saturated heterocycles. The molecule has 1 aliphatic rings. The highest BCUT2D eigenvalue weighted by Gasteiger charge is 2.32. The Morgan fingerprint density at radius 1 is 1.16 bits per heavy atom. The molecule has 1 aromatic carbocycles. The predicted molar refractivity (Wildman–Crippen MR) is 123 cm³/mol. The molecule has 0 aliphatic heterocycles. The molecule has 0 unspecified atom stereocenters. The minimum absolute atomic E-state index is 0.0393.